The highest BCUT2D eigenvalue weighted by atomic mass is 35.5. The average Bonchev–Trinajstić information content (AvgIpc) is 3.04. The summed E-state index contributed by atoms with van der Waals surface area (Å²) in [6.45, 7) is 4.95. The first kappa shape index (κ1) is 32.9. The molecule has 0 saturated carbocycles. The lowest BCUT2D eigenvalue weighted by atomic mass is 10.0. The first-order valence-corrected chi connectivity index (χ1v) is 17.0. The van der Waals surface area contributed by atoms with Crippen molar-refractivity contribution in [1.29, 1.82) is 0 Å². The van der Waals surface area contributed by atoms with Crippen molar-refractivity contribution in [3.63, 3.8) is 0 Å². The Hall–Kier alpha value is -3.48. The summed E-state index contributed by atoms with van der Waals surface area (Å²) in [6, 6.07) is 16.5. The zero-order valence-electron chi connectivity index (χ0n) is 24.8. The second kappa shape index (κ2) is 14.3. The first-order valence-electron chi connectivity index (χ1n) is 14.7. The van der Waals surface area contributed by atoms with Gasteiger partial charge in [-0.3, -0.25) is 24.0 Å². The molecule has 5 rings (SSSR count). The Bertz CT molecular complexity index is 1670. The third kappa shape index (κ3) is 8.03. The van der Waals surface area contributed by atoms with Gasteiger partial charge in [0.05, 0.1) is 22.2 Å². The van der Waals surface area contributed by atoms with Crippen LogP contribution in [-0.2, 0) is 14.8 Å². The molecule has 13 heteroatoms. The normalized spacial score (nSPS) is 16.7. The molecule has 2 fully saturated rings. The summed E-state index contributed by atoms with van der Waals surface area (Å²) in [6.07, 6.45) is 2.28. The molecule has 2 N–H and O–H groups in total. The summed E-state index contributed by atoms with van der Waals surface area (Å²) in [5.41, 5.74) is 0.563. The minimum atomic E-state index is -4.12. The highest BCUT2D eigenvalue weighted by molar-refractivity contribution is 7.92. The van der Waals surface area contributed by atoms with E-state index in [9.17, 15) is 22.8 Å². The van der Waals surface area contributed by atoms with Crippen molar-refractivity contribution in [3.05, 3.63) is 93.5 Å². The van der Waals surface area contributed by atoms with Gasteiger partial charge in [0.15, 0.2) is 5.78 Å². The van der Waals surface area contributed by atoms with E-state index in [0.29, 0.717) is 24.2 Å². The van der Waals surface area contributed by atoms with E-state index in [-0.39, 0.29) is 44.7 Å². The molecule has 10 nitrogen and oxygen atoms in total. The fourth-order valence-electron chi connectivity index (χ4n) is 5.64. The number of ketones is 1. The molecule has 2 aliphatic rings. The number of carbonyl (C=O) groups is 3. The maximum atomic E-state index is 13.2. The van der Waals surface area contributed by atoms with E-state index < -0.39 is 21.7 Å². The lowest BCUT2D eigenvalue weighted by molar-refractivity contribution is -0.132. The molecule has 3 aromatic rings. The zero-order chi connectivity index (χ0) is 32.1. The maximum absolute atomic E-state index is 13.2. The van der Waals surface area contributed by atoms with Crippen LogP contribution < -0.4 is 10.0 Å². The Morgan fingerprint density at radius 2 is 1.51 bits per heavy atom. The molecule has 0 aromatic heterocycles. The lowest BCUT2D eigenvalue weighted by Crippen LogP contribution is -2.55. The van der Waals surface area contributed by atoms with E-state index in [0.717, 1.165) is 39.0 Å². The number of piperidine rings is 1. The Labute approximate surface area is 273 Å². The molecule has 0 spiro atoms. The van der Waals surface area contributed by atoms with Gasteiger partial charge >= 0.3 is 0 Å². The molecule has 3 aromatic carbocycles. The largest absolute Gasteiger partial charge is 0.343 e. The molecule has 2 amide bonds. The number of piperazine rings is 1. The van der Waals surface area contributed by atoms with Gasteiger partial charge in [0.25, 0.3) is 15.9 Å². The van der Waals surface area contributed by atoms with Gasteiger partial charge in [0.1, 0.15) is 0 Å². The first-order chi connectivity index (χ1) is 21.5. The van der Waals surface area contributed by atoms with Crippen molar-refractivity contribution in [2.24, 2.45) is 0 Å². The molecule has 2 saturated heterocycles. The molecular weight excluding hydrogens is 637 g/mol. The van der Waals surface area contributed by atoms with Crippen molar-refractivity contribution in [1.82, 2.24) is 20.0 Å². The summed E-state index contributed by atoms with van der Waals surface area (Å²) >= 11 is 12.2. The summed E-state index contributed by atoms with van der Waals surface area (Å²) in [4.78, 5) is 45.2. The molecular formula is C32H35Cl2N5O5S. The van der Waals surface area contributed by atoms with Crippen LogP contribution in [0.15, 0.2) is 71.6 Å². The van der Waals surface area contributed by atoms with E-state index in [1.165, 1.54) is 54.6 Å². The van der Waals surface area contributed by atoms with E-state index in [1.807, 2.05) is 0 Å². The molecule has 0 radical (unpaired) electrons. The highest BCUT2D eigenvalue weighted by Gasteiger charge is 2.28. The number of amides is 2. The van der Waals surface area contributed by atoms with Gasteiger partial charge in [-0.05, 0) is 87.6 Å². The van der Waals surface area contributed by atoms with Crippen LogP contribution in [0.25, 0.3) is 0 Å². The number of halogens is 2. The van der Waals surface area contributed by atoms with Crippen LogP contribution in [0.4, 0.5) is 5.69 Å². The van der Waals surface area contributed by atoms with Crippen molar-refractivity contribution < 1.29 is 22.8 Å². The number of anilines is 1. The Morgan fingerprint density at radius 3 is 2.18 bits per heavy atom. The number of sulfonamides is 1. The van der Waals surface area contributed by atoms with E-state index >= 15 is 0 Å². The Kier molecular flexibility index (Phi) is 10.5. The van der Waals surface area contributed by atoms with Crippen molar-refractivity contribution >= 4 is 56.5 Å². The fraction of sp³-hybridized carbons (Fsp3) is 0.344. The molecule has 0 aliphatic carbocycles. The zero-order valence-corrected chi connectivity index (χ0v) is 27.2. The summed E-state index contributed by atoms with van der Waals surface area (Å²) in [7, 11) is -1.98. The van der Waals surface area contributed by atoms with Crippen molar-refractivity contribution in [3.8, 4) is 0 Å². The van der Waals surface area contributed by atoms with Gasteiger partial charge in [0, 0.05) is 53.9 Å². The minimum absolute atomic E-state index is 0.0704. The van der Waals surface area contributed by atoms with Gasteiger partial charge in [-0.2, -0.15) is 0 Å². The summed E-state index contributed by atoms with van der Waals surface area (Å²) in [5.74, 6) is -1.11. The monoisotopic (exact) mass is 671 g/mol. The number of rotatable bonds is 9. The molecule has 0 unspecified atom stereocenters. The molecule has 2 heterocycles. The number of carbonyl (C=O) groups excluding carboxylic acids is 3. The average molecular weight is 673 g/mol. The maximum Gasteiger partial charge on any atom is 0.261 e. The van der Waals surface area contributed by atoms with Gasteiger partial charge in [-0.1, -0.05) is 35.3 Å². The van der Waals surface area contributed by atoms with E-state index in [2.05, 4.69) is 26.9 Å². The summed E-state index contributed by atoms with van der Waals surface area (Å²) in [5, 5.41) is 3.16. The van der Waals surface area contributed by atoms with Gasteiger partial charge in [-0.25, -0.2) is 8.42 Å². The Balaban J connectivity index is 1.16. The predicted octanol–water partition coefficient (Wildman–Crippen LogP) is 3.99. The predicted molar refractivity (Wildman–Crippen MR) is 175 cm³/mol. The topological polar surface area (TPSA) is 119 Å². The number of benzene rings is 3. The number of hydrogen-bond acceptors (Lipinski definition) is 7. The summed E-state index contributed by atoms with van der Waals surface area (Å²) < 4.78 is 28.9. The number of hydrogen-bond donors (Lipinski definition) is 2. The second-order valence-corrected chi connectivity index (χ2v) is 13.8. The molecule has 0 atom stereocenters. The number of likely N-dealkylation sites (tertiary alicyclic amines) is 1. The molecule has 0 bridgehead atoms. The SMILES string of the molecule is CN1CCC(N2CCN(C(=O)CNC(=O)c3ccc(S(=O)(=O)Nc4ccccc4C(=O)c4ccc(Cl)cc4Cl)cc3)CC2)CC1. The molecule has 45 heavy (non-hydrogen) atoms. The third-order valence-corrected chi connectivity index (χ3v) is 10.2. The second-order valence-electron chi connectivity index (χ2n) is 11.3. The Morgan fingerprint density at radius 1 is 0.844 bits per heavy atom. The number of nitrogens with zero attached hydrogens (tertiary/aromatic N) is 3. The molecule has 238 valence electrons. The number of para-hydroxylation sites is 1. The van der Waals surface area contributed by atoms with Gasteiger partial charge in [0.2, 0.25) is 5.91 Å². The lowest BCUT2D eigenvalue weighted by Gasteiger charge is -2.42. The van der Waals surface area contributed by atoms with Crippen LogP contribution in [0.3, 0.4) is 0 Å². The van der Waals surface area contributed by atoms with Crippen LogP contribution in [-0.4, -0.2) is 99.6 Å². The van der Waals surface area contributed by atoms with Crippen molar-refractivity contribution in [2.45, 2.75) is 23.8 Å². The minimum Gasteiger partial charge on any atom is -0.343 e. The van der Waals surface area contributed by atoms with Crippen LogP contribution in [0.2, 0.25) is 10.0 Å². The quantitative estimate of drug-likeness (QED) is 0.330. The standard InChI is InChI=1S/C32H35Cl2N5O5S/c1-37-14-12-24(13-15-37)38-16-18-39(19-17-38)30(40)21-35-32(42)22-6-9-25(10-7-22)45(43,44)36-29-5-3-2-4-27(29)31(41)26-11-8-23(33)20-28(26)34/h2-11,20,24,36H,12-19,21H2,1H3,(H,35,42). The third-order valence-electron chi connectivity index (χ3n) is 8.29. The van der Waals surface area contributed by atoms with Crippen LogP contribution >= 0.6 is 23.2 Å². The number of nitrogens with one attached hydrogen (secondary N) is 2. The van der Waals surface area contributed by atoms with Crippen molar-refractivity contribution in [2.75, 3.05) is 57.6 Å². The van der Waals surface area contributed by atoms with Crippen LogP contribution in [0, 0.1) is 0 Å². The van der Waals surface area contributed by atoms with Gasteiger partial charge in [-0.15, -0.1) is 0 Å². The van der Waals surface area contributed by atoms with Crippen LogP contribution in [0.5, 0.6) is 0 Å². The van der Waals surface area contributed by atoms with Gasteiger partial charge < -0.3 is 15.1 Å². The smallest absolute Gasteiger partial charge is 0.261 e. The van der Waals surface area contributed by atoms with E-state index in [4.69, 9.17) is 23.2 Å². The van der Waals surface area contributed by atoms with Crippen LogP contribution in [0.1, 0.15) is 39.1 Å². The fourth-order valence-corrected chi connectivity index (χ4v) is 7.22. The highest BCUT2D eigenvalue weighted by Crippen LogP contribution is 2.28. The van der Waals surface area contributed by atoms with E-state index in [1.54, 1.807) is 17.0 Å². The molecule has 2 aliphatic heterocycles.